The van der Waals surface area contributed by atoms with Crippen LogP contribution in [0.15, 0.2) is 59.2 Å². The first-order chi connectivity index (χ1) is 16.8. The summed E-state index contributed by atoms with van der Waals surface area (Å²) in [6.07, 6.45) is 1.66. The van der Waals surface area contributed by atoms with Gasteiger partial charge in [0, 0.05) is 24.1 Å². The average Bonchev–Trinajstić information content (AvgIpc) is 2.84. The lowest BCUT2D eigenvalue weighted by molar-refractivity contribution is -0.118. The van der Waals surface area contributed by atoms with Gasteiger partial charge >= 0.3 is 0 Å². The zero-order chi connectivity index (χ0) is 25.1. The Hall–Kier alpha value is -4.25. The Morgan fingerprint density at radius 2 is 2.00 bits per heavy atom. The van der Waals surface area contributed by atoms with Crippen molar-refractivity contribution in [3.63, 3.8) is 0 Å². The molecule has 2 aromatic rings. The fourth-order valence-corrected chi connectivity index (χ4v) is 4.37. The molecule has 1 heterocycles. The number of nitrogens with two attached hydrogens (primary N) is 1. The minimum Gasteiger partial charge on any atom is -0.493 e. The van der Waals surface area contributed by atoms with E-state index >= 15 is 0 Å². The first kappa shape index (κ1) is 23.9. The van der Waals surface area contributed by atoms with Crippen LogP contribution in [-0.2, 0) is 14.3 Å². The molecule has 0 fully saturated rings. The van der Waals surface area contributed by atoms with Crippen molar-refractivity contribution < 1.29 is 23.8 Å². The highest BCUT2D eigenvalue weighted by Crippen LogP contribution is 2.45. The lowest BCUT2D eigenvalue weighted by Crippen LogP contribution is -2.27. The van der Waals surface area contributed by atoms with Gasteiger partial charge in [-0.1, -0.05) is 18.2 Å². The molecule has 1 amide bonds. The van der Waals surface area contributed by atoms with E-state index in [1.54, 1.807) is 18.2 Å². The van der Waals surface area contributed by atoms with E-state index in [4.69, 9.17) is 19.9 Å². The third-order valence-electron chi connectivity index (χ3n) is 6.15. The van der Waals surface area contributed by atoms with Gasteiger partial charge in [-0.2, -0.15) is 5.26 Å². The van der Waals surface area contributed by atoms with Gasteiger partial charge in [0.25, 0.3) is 5.91 Å². The van der Waals surface area contributed by atoms with Crippen molar-refractivity contribution in [2.45, 2.75) is 39.0 Å². The molecule has 0 spiro atoms. The monoisotopic (exact) mass is 473 g/mol. The molecule has 0 radical (unpaired) electrons. The number of nitriles is 1. The Morgan fingerprint density at radius 3 is 2.74 bits per heavy atom. The molecule has 1 aliphatic carbocycles. The van der Waals surface area contributed by atoms with E-state index in [-0.39, 0.29) is 29.8 Å². The molecule has 2 aromatic carbocycles. The zero-order valence-corrected chi connectivity index (χ0v) is 19.9. The van der Waals surface area contributed by atoms with Crippen LogP contribution in [-0.4, -0.2) is 25.4 Å². The van der Waals surface area contributed by atoms with E-state index in [1.165, 1.54) is 7.11 Å². The summed E-state index contributed by atoms with van der Waals surface area (Å²) < 4.78 is 16.9. The summed E-state index contributed by atoms with van der Waals surface area (Å²) in [6, 6.07) is 13.0. The molecule has 8 nitrogen and oxygen atoms in total. The molecular formula is C27H27N3O5. The van der Waals surface area contributed by atoms with Crippen LogP contribution in [0.25, 0.3) is 0 Å². The molecule has 0 saturated carbocycles. The minimum absolute atomic E-state index is 0.00774. The molecule has 2 aliphatic rings. The maximum absolute atomic E-state index is 12.8. The summed E-state index contributed by atoms with van der Waals surface area (Å²) in [4.78, 5) is 25.2. The number of Topliss-reactive ketones (excluding diaryl/α,β-unsaturated/α-hetero) is 1. The van der Waals surface area contributed by atoms with Gasteiger partial charge in [0.1, 0.15) is 17.4 Å². The number of methoxy groups -OCH3 is 1. The Balaban J connectivity index is 1.57. The maximum atomic E-state index is 12.8. The molecule has 0 bridgehead atoms. The normalized spacial score (nSPS) is 17.3. The Labute approximate surface area is 204 Å². The summed E-state index contributed by atoms with van der Waals surface area (Å²) >= 11 is 0. The van der Waals surface area contributed by atoms with Crippen LogP contribution < -0.4 is 20.5 Å². The Bertz CT molecular complexity index is 1300. The van der Waals surface area contributed by atoms with Gasteiger partial charge in [-0.05, 0) is 55.2 Å². The summed E-state index contributed by atoms with van der Waals surface area (Å²) in [7, 11) is 1.48. The van der Waals surface area contributed by atoms with Crippen molar-refractivity contribution >= 4 is 17.4 Å². The highest BCUT2D eigenvalue weighted by atomic mass is 16.5. The summed E-state index contributed by atoms with van der Waals surface area (Å²) in [5.41, 5.74) is 10.0. The number of rotatable bonds is 6. The number of carbonyl (C=O) groups excluding carboxylic acids is 2. The van der Waals surface area contributed by atoms with E-state index in [9.17, 15) is 14.9 Å². The second kappa shape index (κ2) is 9.94. The van der Waals surface area contributed by atoms with Crippen molar-refractivity contribution in [3.8, 4) is 17.6 Å². The third-order valence-corrected chi connectivity index (χ3v) is 6.15. The molecule has 8 heteroatoms. The molecule has 1 aliphatic heterocycles. The first-order valence-corrected chi connectivity index (χ1v) is 11.3. The number of hydrogen-bond acceptors (Lipinski definition) is 7. The molecule has 4 rings (SSSR count). The van der Waals surface area contributed by atoms with E-state index < -0.39 is 5.92 Å². The Kier molecular flexibility index (Phi) is 6.78. The quantitative estimate of drug-likeness (QED) is 0.646. The maximum Gasteiger partial charge on any atom is 0.262 e. The molecule has 180 valence electrons. The Morgan fingerprint density at radius 1 is 1.20 bits per heavy atom. The predicted octanol–water partition coefficient (Wildman–Crippen LogP) is 4.14. The lowest BCUT2D eigenvalue weighted by Gasteiger charge is -2.31. The van der Waals surface area contributed by atoms with Crippen LogP contribution >= 0.6 is 0 Å². The number of benzene rings is 2. The molecule has 0 unspecified atom stereocenters. The van der Waals surface area contributed by atoms with Gasteiger partial charge in [-0.15, -0.1) is 0 Å². The van der Waals surface area contributed by atoms with Crippen molar-refractivity contribution in [1.82, 2.24) is 0 Å². The number of ether oxygens (including phenoxy) is 3. The molecular weight excluding hydrogens is 446 g/mol. The topological polar surface area (TPSA) is 124 Å². The fourth-order valence-electron chi connectivity index (χ4n) is 4.37. The minimum atomic E-state index is -0.646. The molecule has 1 atom stereocenters. The van der Waals surface area contributed by atoms with Crippen LogP contribution in [0.3, 0.4) is 0 Å². The number of ketones is 1. The van der Waals surface area contributed by atoms with Gasteiger partial charge in [-0.25, -0.2) is 0 Å². The molecule has 35 heavy (non-hydrogen) atoms. The standard InChI is InChI=1S/C27H27N3O5/c1-15-7-8-16(2)19(11-15)30-24(32)14-34-21-10-9-17(12-23(21)33-3)25-18(13-28)27(29)35-22-6-4-5-20(31)26(22)25/h7-12,25H,4-6,14,29H2,1-3H3,(H,30,32)/t25-/m0/s1. The number of anilines is 1. The number of aryl methyl sites for hydroxylation is 2. The third kappa shape index (κ3) is 4.85. The summed E-state index contributed by atoms with van der Waals surface area (Å²) in [5, 5.41) is 12.6. The SMILES string of the molecule is COc1cc([C@H]2C(C#N)=C(N)OC3=C2C(=O)CCC3)ccc1OCC(=O)Nc1cc(C)ccc1C. The van der Waals surface area contributed by atoms with E-state index in [1.807, 2.05) is 32.0 Å². The number of nitrogens with zero attached hydrogens (tertiary/aromatic N) is 1. The van der Waals surface area contributed by atoms with Crippen LogP contribution in [0.1, 0.15) is 41.9 Å². The summed E-state index contributed by atoms with van der Waals surface area (Å²) in [6.45, 7) is 3.66. The molecule has 3 N–H and O–H groups in total. The van der Waals surface area contributed by atoms with Crippen LogP contribution in [0.4, 0.5) is 5.69 Å². The highest BCUT2D eigenvalue weighted by molar-refractivity contribution is 5.99. The van der Waals surface area contributed by atoms with E-state index in [0.717, 1.165) is 16.8 Å². The largest absolute Gasteiger partial charge is 0.493 e. The fraction of sp³-hybridized carbons (Fsp3) is 0.296. The number of allylic oxidation sites excluding steroid dienone is 3. The van der Waals surface area contributed by atoms with Gasteiger partial charge in [-0.3, -0.25) is 9.59 Å². The first-order valence-electron chi connectivity index (χ1n) is 11.3. The van der Waals surface area contributed by atoms with Crippen LogP contribution in [0.2, 0.25) is 0 Å². The lowest BCUT2D eigenvalue weighted by atomic mass is 9.77. The van der Waals surface area contributed by atoms with Crippen molar-refractivity contribution in [2.75, 3.05) is 19.0 Å². The predicted molar refractivity (Wildman–Crippen MR) is 130 cm³/mol. The summed E-state index contributed by atoms with van der Waals surface area (Å²) in [5.74, 6) is 0.248. The molecule has 0 aromatic heterocycles. The number of nitrogens with one attached hydrogen (secondary N) is 1. The number of carbonyl (C=O) groups is 2. The second-order valence-electron chi connectivity index (χ2n) is 8.60. The zero-order valence-electron chi connectivity index (χ0n) is 19.9. The van der Waals surface area contributed by atoms with Gasteiger partial charge in [0.05, 0.1) is 13.0 Å². The van der Waals surface area contributed by atoms with Crippen molar-refractivity contribution in [2.24, 2.45) is 5.73 Å². The van der Waals surface area contributed by atoms with Crippen LogP contribution in [0, 0.1) is 25.2 Å². The average molecular weight is 474 g/mol. The van der Waals surface area contributed by atoms with Crippen molar-refractivity contribution in [1.29, 1.82) is 5.26 Å². The number of amides is 1. The van der Waals surface area contributed by atoms with Crippen LogP contribution in [0.5, 0.6) is 11.5 Å². The van der Waals surface area contributed by atoms with Gasteiger partial charge in [0.2, 0.25) is 5.88 Å². The van der Waals surface area contributed by atoms with Crippen molar-refractivity contribution in [3.05, 3.63) is 75.9 Å². The van der Waals surface area contributed by atoms with Gasteiger partial charge < -0.3 is 25.3 Å². The van der Waals surface area contributed by atoms with E-state index in [2.05, 4.69) is 11.4 Å². The van der Waals surface area contributed by atoms with Gasteiger partial charge in [0.15, 0.2) is 23.9 Å². The van der Waals surface area contributed by atoms with E-state index in [0.29, 0.717) is 47.7 Å². The smallest absolute Gasteiger partial charge is 0.262 e. The number of hydrogen-bond donors (Lipinski definition) is 2. The second-order valence-corrected chi connectivity index (χ2v) is 8.60. The highest BCUT2D eigenvalue weighted by Gasteiger charge is 2.38. The molecule has 0 saturated heterocycles.